The van der Waals surface area contributed by atoms with Crippen LogP contribution in [0.2, 0.25) is 0 Å². The van der Waals surface area contributed by atoms with E-state index in [4.69, 9.17) is 10.8 Å². The first-order chi connectivity index (χ1) is 3.42. The molecule has 0 aliphatic carbocycles. The predicted molar refractivity (Wildman–Crippen MR) is 34.7 cm³/mol. The van der Waals surface area contributed by atoms with E-state index >= 15 is 0 Å². The first-order valence-corrected chi connectivity index (χ1v) is 2.59. The van der Waals surface area contributed by atoms with Crippen LogP contribution in [0.4, 0.5) is 0 Å². The highest BCUT2D eigenvalue weighted by molar-refractivity contribution is 5.01. The number of allylic oxidation sites excluding steroid dienone is 1. The molecule has 0 heterocycles. The second-order valence-electron chi connectivity index (χ2n) is 2.61. The van der Waals surface area contributed by atoms with Crippen molar-refractivity contribution in [2.75, 3.05) is 0 Å². The molecule has 0 saturated carbocycles. The monoisotopic (exact) mass is 115 g/mol. The Labute approximate surface area is 50.0 Å². The summed E-state index contributed by atoms with van der Waals surface area (Å²) >= 11 is 0. The molecule has 2 heteroatoms. The van der Waals surface area contributed by atoms with E-state index in [1.54, 1.807) is 13.0 Å². The standard InChI is InChI=1S/C6H13NO/c1-5(8)4-6(2,3)7/h4,8H,7H2,1-3H3/b5-4-. The van der Waals surface area contributed by atoms with Crippen molar-refractivity contribution in [3.8, 4) is 0 Å². The minimum atomic E-state index is -0.390. The fourth-order valence-corrected chi connectivity index (χ4v) is 0.538. The molecule has 0 unspecified atom stereocenters. The third-order valence-corrected chi connectivity index (χ3v) is 0.581. The van der Waals surface area contributed by atoms with Gasteiger partial charge in [-0.2, -0.15) is 0 Å². The van der Waals surface area contributed by atoms with Gasteiger partial charge in [-0.3, -0.25) is 0 Å². The van der Waals surface area contributed by atoms with Crippen LogP contribution in [0, 0.1) is 0 Å². The Morgan fingerprint density at radius 1 is 1.62 bits per heavy atom. The summed E-state index contributed by atoms with van der Waals surface area (Å²) in [6.07, 6.45) is 1.60. The van der Waals surface area contributed by atoms with Crippen LogP contribution in [0.15, 0.2) is 11.8 Å². The second kappa shape index (κ2) is 2.18. The number of hydrogen-bond donors (Lipinski definition) is 2. The molecule has 0 aliphatic heterocycles. The number of rotatable bonds is 1. The van der Waals surface area contributed by atoms with Gasteiger partial charge < -0.3 is 10.8 Å². The highest BCUT2D eigenvalue weighted by Gasteiger charge is 2.04. The smallest absolute Gasteiger partial charge is 0.0870 e. The van der Waals surface area contributed by atoms with Crippen molar-refractivity contribution in [1.29, 1.82) is 0 Å². The van der Waals surface area contributed by atoms with E-state index < -0.39 is 5.54 Å². The minimum absolute atomic E-state index is 0.275. The Hall–Kier alpha value is -0.500. The van der Waals surface area contributed by atoms with Gasteiger partial charge in [0.05, 0.1) is 5.76 Å². The van der Waals surface area contributed by atoms with Crippen LogP contribution in [0.25, 0.3) is 0 Å². The quantitative estimate of drug-likeness (QED) is 0.504. The fourth-order valence-electron chi connectivity index (χ4n) is 0.538. The average molecular weight is 115 g/mol. The summed E-state index contributed by atoms with van der Waals surface area (Å²) in [5.74, 6) is 0.275. The van der Waals surface area contributed by atoms with Crippen molar-refractivity contribution in [1.82, 2.24) is 0 Å². The Bertz CT molecular complexity index is 95.6. The van der Waals surface area contributed by atoms with Crippen LogP contribution in [0.3, 0.4) is 0 Å². The summed E-state index contributed by atoms with van der Waals surface area (Å²) in [5, 5.41) is 8.67. The van der Waals surface area contributed by atoms with Crippen molar-refractivity contribution in [3.63, 3.8) is 0 Å². The van der Waals surface area contributed by atoms with Gasteiger partial charge in [-0.1, -0.05) is 0 Å². The summed E-state index contributed by atoms with van der Waals surface area (Å²) in [5.41, 5.74) is 5.11. The van der Waals surface area contributed by atoms with Crippen molar-refractivity contribution >= 4 is 0 Å². The first kappa shape index (κ1) is 7.50. The first-order valence-electron chi connectivity index (χ1n) is 2.59. The lowest BCUT2D eigenvalue weighted by Crippen LogP contribution is -2.29. The van der Waals surface area contributed by atoms with E-state index in [0.29, 0.717) is 0 Å². The van der Waals surface area contributed by atoms with Gasteiger partial charge in [-0.15, -0.1) is 0 Å². The molecular formula is C6H13NO. The van der Waals surface area contributed by atoms with Crippen LogP contribution < -0.4 is 5.73 Å². The minimum Gasteiger partial charge on any atom is -0.513 e. The van der Waals surface area contributed by atoms with Gasteiger partial charge in [0.15, 0.2) is 0 Å². The van der Waals surface area contributed by atoms with E-state index in [-0.39, 0.29) is 5.76 Å². The molecule has 0 saturated heterocycles. The molecule has 2 nitrogen and oxygen atoms in total. The Balaban J connectivity index is 3.89. The number of aliphatic hydroxyl groups excluding tert-OH is 1. The maximum absolute atomic E-state index is 8.67. The number of nitrogens with two attached hydrogens (primary N) is 1. The topological polar surface area (TPSA) is 46.2 Å². The highest BCUT2D eigenvalue weighted by atomic mass is 16.3. The Kier molecular flexibility index (Phi) is 2.04. The summed E-state index contributed by atoms with van der Waals surface area (Å²) in [4.78, 5) is 0. The van der Waals surface area contributed by atoms with Crippen molar-refractivity contribution in [2.45, 2.75) is 26.3 Å². The molecule has 3 N–H and O–H groups in total. The Morgan fingerprint density at radius 2 is 2.00 bits per heavy atom. The van der Waals surface area contributed by atoms with E-state index in [9.17, 15) is 0 Å². The molecule has 48 valence electrons. The lowest BCUT2D eigenvalue weighted by molar-refractivity contribution is 0.403. The largest absolute Gasteiger partial charge is 0.513 e. The van der Waals surface area contributed by atoms with E-state index in [2.05, 4.69) is 0 Å². The van der Waals surface area contributed by atoms with Gasteiger partial charge >= 0.3 is 0 Å². The predicted octanol–water partition coefficient (Wildman–Crippen LogP) is 1.19. The summed E-state index contributed by atoms with van der Waals surface area (Å²) in [6.45, 7) is 5.26. The Morgan fingerprint density at radius 3 is 2.00 bits per heavy atom. The molecule has 0 amide bonds. The van der Waals surface area contributed by atoms with E-state index in [1.165, 1.54) is 0 Å². The summed E-state index contributed by atoms with van der Waals surface area (Å²) in [7, 11) is 0. The van der Waals surface area contributed by atoms with Gasteiger partial charge in [-0.25, -0.2) is 0 Å². The molecule has 0 fully saturated rings. The lowest BCUT2D eigenvalue weighted by atomic mass is 10.1. The van der Waals surface area contributed by atoms with Crippen molar-refractivity contribution in [3.05, 3.63) is 11.8 Å². The lowest BCUT2D eigenvalue weighted by Gasteiger charge is -2.11. The van der Waals surface area contributed by atoms with Gasteiger partial charge in [0.1, 0.15) is 0 Å². The molecule has 8 heavy (non-hydrogen) atoms. The van der Waals surface area contributed by atoms with E-state index in [1.807, 2.05) is 13.8 Å². The molecule has 0 bridgehead atoms. The van der Waals surface area contributed by atoms with Gasteiger partial charge in [-0.05, 0) is 26.8 Å². The molecule has 0 aromatic rings. The maximum Gasteiger partial charge on any atom is 0.0870 e. The molecular weight excluding hydrogens is 102 g/mol. The number of hydrogen-bond acceptors (Lipinski definition) is 2. The van der Waals surface area contributed by atoms with E-state index in [0.717, 1.165) is 0 Å². The van der Waals surface area contributed by atoms with Gasteiger partial charge in [0, 0.05) is 5.54 Å². The van der Waals surface area contributed by atoms with Crippen LogP contribution in [0.5, 0.6) is 0 Å². The highest BCUT2D eigenvalue weighted by Crippen LogP contribution is 2.00. The zero-order chi connectivity index (χ0) is 6.78. The van der Waals surface area contributed by atoms with Crippen LogP contribution in [-0.2, 0) is 0 Å². The summed E-state index contributed by atoms with van der Waals surface area (Å²) < 4.78 is 0. The SMILES string of the molecule is C/C(O)=C/C(C)(C)N. The molecule has 0 aromatic heterocycles. The normalized spacial score (nSPS) is 14.2. The molecule has 0 spiro atoms. The van der Waals surface area contributed by atoms with Crippen LogP contribution >= 0.6 is 0 Å². The zero-order valence-corrected chi connectivity index (χ0v) is 5.60. The third-order valence-electron chi connectivity index (χ3n) is 0.581. The second-order valence-corrected chi connectivity index (χ2v) is 2.61. The molecule has 0 aliphatic rings. The van der Waals surface area contributed by atoms with Crippen molar-refractivity contribution in [2.24, 2.45) is 5.73 Å². The third kappa shape index (κ3) is 5.50. The zero-order valence-electron chi connectivity index (χ0n) is 5.60. The van der Waals surface area contributed by atoms with Crippen LogP contribution in [0.1, 0.15) is 20.8 Å². The van der Waals surface area contributed by atoms with Gasteiger partial charge in [0.25, 0.3) is 0 Å². The molecule has 0 atom stereocenters. The average Bonchev–Trinajstić information content (AvgIpc) is 1.21. The summed E-state index contributed by atoms with van der Waals surface area (Å²) in [6, 6.07) is 0. The maximum atomic E-state index is 8.67. The molecule has 0 aromatic carbocycles. The molecule has 0 radical (unpaired) electrons. The van der Waals surface area contributed by atoms with Crippen molar-refractivity contribution < 1.29 is 5.11 Å². The fraction of sp³-hybridized carbons (Fsp3) is 0.667. The van der Waals surface area contributed by atoms with Gasteiger partial charge in [0.2, 0.25) is 0 Å². The molecule has 0 rings (SSSR count). The van der Waals surface area contributed by atoms with Crippen LogP contribution in [-0.4, -0.2) is 10.6 Å². The number of aliphatic hydroxyl groups is 1.